The molecular formula is C23H23N7. The lowest BCUT2D eigenvalue weighted by atomic mass is 9.98. The number of aryl methyl sites for hydroxylation is 1. The van der Waals surface area contributed by atoms with Crippen molar-refractivity contribution >= 4 is 11.4 Å². The molecule has 0 unspecified atom stereocenters. The van der Waals surface area contributed by atoms with Crippen LogP contribution in [0.15, 0.2) is 54.9 Å². The first-order chi connectivity index (χ1) is 14.7. The highest BCUT2D eigenvalue weighted by atomic mass is 15.2. The molecule has 3 aromatic rings. The van der Waals surface area contributed by atoms with Gasteiger partial charge in [-0.1, -0.05) is 18.2 Å². The summed E-state index contributed by atoms with van der Waals surface area (Å²) in [5, 5.41) is 33.5. The molecule has 2 atom stereocenters. The molecule has 150 valence electrons. The summed E-state index contributed by atoms with van der Waals surface area (Å²) in [7, 11) is 1.91. The van der Waals surface area contributed by atoms with Gasteiger partial charge in [-0.2, -0.15) is 15.6 Å². The average Bonchev–Trinajstić information content (AvgIpc) is 3.22. The van der Waals surface area contributed by atoms with Gasteiger partial charge in [-0.25, -0.2) is 0 Å². The molecule has 0 fully saturated rings. The lowest BCUT2D eigenvalue weighted by Crippen LogP contribution is -2.44. The number of nitriles is 2. The second-order valence-corrected chi connectivity index (χ2v) is 7.41. The Kier molecular flexibility index (Phi) is 5.65. The normalized spacial score (nSPS) is 15.8. The first kappa shape index (κ1) is 19.5. The van der Waals surface area contributed by atoms with Crippen molar-refractivity contribution < 1.29 is 0 Å². The van der Waals surface area contributed by atoms with Crippen molar-refractivity contribution in [2.45, 2.75) is 18.5 Å². The fourth-order valence-electron chi connectivity index (χ4n) is 3.82. The minimum atomic E-state index is 0.0180. The molecule has 0 radical (unpaired) electrons. The Morgan fingerprint density at radius 1 is 1.20 bits per heavy atom. The first-order valence-corrected chi connectivity index (χ1v) is 9.92. The van der Waals surface area contributed by atoms with Crippen molar-refractivity contribution in [3.63, 3.8) is 0 Å². The van der Waals surface area contributed by atoms with E-state index in [9.17, 15) is 5.26 Å². The number of aromatic nitrogens is 2. The van der Waals surface area contributed by atoms with Crippen LogP contribution in [0.4, 0.5) is 11.4 Å². The molecule has 1 aromatic heterocycles. The zero-order valence-electron chi connectivity index (χ0n) is 16.8. The Morgan fingerprint density at radius 2 is 2.03 bits per heavy atom. The SMILES string of the molecule is Cn1cc([C@H](NCCc2ccc(C#N)cc2)[C@H]2CNc3cccc(C#N)c3N2)cn1. The van der Waals surface area contributed by atoms with Crippen molar-refractivity contribution in [1.29, 1.82) is 10.5 Å². The number of hydrogen-bond donors (Lipinski definition) is 3. The number of rotatable bonds is 6. The Labute approximate surface area is 176 Å². The van der Waals surface area contributed by atoms with Crippen molar-refractivity contribution in [2.24, 2.45) is 7.05 Å². The lowest BCUT2D eigenvalue weighted by Gasteiger charge is -2.34. The zero-order valence-corrected chi connectivity index (χ0v) is 16.8. The van der Waals surface area contributed by atoms with Gasteiger partial charge >= 0.3 is 0 Å². The average molecular weight is 397 g/mol. The lowest BCUT2D eigenvalue weighted by molar-refractivity contribution is 0.472. The molecule has 2 heterocycles. The van der Waals surface area contributed by atoms with Crippen LogP contribution in [0.25, 0.3) is 0 Å². The molecule has 0 saturated heterocycles. The van der Waals surface area contributed by atoms with Gasteiger partial charge in [-0.05, 0) is 42.8 Å². The van der Waals surface area contributed by atoms with Crippen molar-refractivity contribution in [3.8, 4) is 12.1 Å². The van der Waals surface area contributed by atoms with Crippen LogP contribution in [0, 0.1) is 22.7 Å². The van der Waals surface area contributed by atoms with Gasteiger partial charge in [0.1, 0.15) is 6.07 Å². The highest BCUT2D eigenvalue weighted by Gasteiger charge is 2.28. The Balaban J connectivity index is 1.50. The van der Waals surface area contributed by atoms with Crippen LogP contribution in [0.3, 0.4) is 0 Å². The second-order valence-electron chi connectivity index (χ2n) is 7.41. The van der Waals surface area contributed by atoms with Crippen molar-refractivity contribution in [2.75, 3.05) is 23.7 Å². The number of hydrogen-bond acceptors (Lipinski definition) is 6. The zero-order chi connectivity index (χ0) is 20.9. The number of fused-ring (bicyclic) bond motifs is 1. The summed E-state index contributed by atoms with van der Waals surface area (Å²) in [5.41, 5.74) is 5.37. The van der Waals surface area contributed by atoms with Gasteiger partial charge < -0.3 is 16.0 Å². The summed E-state index contributed by atoms with van der Waals surface area (Å²) in [6.45, 7) is 1.50. The van der Waals surface area contributed by atoms with E-state index in [4.69, 9.17) is 5.26 Å². The second kappa shape index (κ2) is 8.69. The van der Waals surface area contributed by atoms with Gasteiger partial charge in [0.15, 0.2) is 0 Å². The van der Waals surface area contributed by atoms with Crippen LogP contribution in [-0.4, -0.2) is 28.9 Å². The minimum Gasteiger partial charge on any atom is -0.381 e. The van der Waals surface area contributed by atoms with Crippen LogP contribution < -0.4 is 16.0 Å². The predicted octanol–water partition coefficient (Wildman–Crippen LogP) is 2.94. The largest absolute Gasteiger partial charge is 0.381 e. The third-order valence-electron chi connectivity index (χ3n) is 5.37. The molecule has 4 rings (SSSR count). The standard InChI is InChI=1S/C23H23N7/c1-30-15-19(13-28-30)22(26-10-9-16-5-7-17(11-24)8-6-16)21-14-27-20-4-2-3-18(12-25)23(20)29-21/h2-8,13,15,21-22,26-27,29H,9-10,14H2,1H3/t21-,22+/m1/s1. The number of anilines is 2. The minimum absolute atomic E-state index is 0.0180. The third kappa shape index (κ3) is 4.12. The van der Waals surface area contributed by atoms with E-state index >= 15 is 0 Å². The molecule has 2 aromatic carbocycles. The molecule has 0 aliphatic carbocycles. The van der Waals surface area contributed by atoms with Crippen LogP contribution in [-0.2, 0) is 13.5 Å². The van der Waals surface area contributed by atoms with Crippen LogP contribution >= 0.6 is 0 Å². The summed E-state index contributed by atoms with van der Waals surface area (Å²) in [6.07, 6.45) is 4.75. The summed E-state index contributed by atoms with van der Waals surface area (Å²) >= 11 is 0. The van der Waals surface area contributed by atoms with Gasteiger partial charge in [0, 0.05) is 25.4 Å². The third-order valence-corrected chi connectivity index (χ3v) is 5.37. The maximum absolute atomic E-state index is 9.48. The Hall–Kier alpha value is -3.81. The van der Waals surface area contributed by atoms with E-state index in [1.54, 1.807) is 4.68 Å². The fraction of sp³-hybridized carbons (Fsp3) is 0.261. The highest BCUT2D eigenvalue weighted by Crippen LogP contribution is 2.32. The maximum Gasteiger partial charge on any atom is 0.101 e. The molecular weight excluding hydrogens is 374 g/mol. The molecule has 7 heteroatoms. The van der Waals surface area contributed by atoms with E-state index < -0.39 is 0 Å². The molecule has 30 heavy (non-hydrogen) atoms. The molecule has 7 nitrogen and oxygen atoms in total. The molecule has 0 spiro atoms. The van der Waals surface area contributed by atoms with Crippen molar-refractivity contribution in [1.82, 2.24) is 15.1 Å². The van der Waals surface area contributed by atoms with Crippen LogP contribution in [0.2, 0.25) is 0 Å². The molecule has 0 saturated carbocycles. The van der Waals surface area contributed by atoms with E-state index in [1.165, 1.54) is 5.56 Å². The smallest absolute Gasteiger partial charge is 0.101 e. The monoisotopic (exact) mass is 397 g/mol. The number of nitrogens with zero attached hydrogens (tertiary/aromatic N) is 4. The van der Waals surface area contributed by atoms with E-state index in [0.717, 1.165) is 36.4 Å². The van der Waals surface area contributed by atoms with E-state index in [1.807, 2.05) is 61.9 Å². The summed E-state index contributed by atoms with van der Waals surface area (Å²) in [5.74, 6) is 0. The van der Waals surface area contributed by atoms with Crippen molar-refractivity contribution in [3.05, 3.63) is 77.1 Å². The maximum atomic E-state index is 9.48. The summed E-state index contributed by atoms with van der Waals surface area (Å²) in [6, 6.07) is 17.9. The highest BCUT2D eigenvalue weighted by molar-refractivity contribution is 5.77. The van der Waals surface area contributed by atoms with Gasteiger partial charge in [0.05, 0.1) is 46.9 Å². The van der Waals surface area contributed by atoms with Gasteiger partial charge in [-0.15, -0.1) is 0 Å². The molecule has 1 aliphatic rings. The Bertz CT molecular complexity index is 1100. The van der Waals surface area contributed by atoms with E-state index in [0.29, 0.717) is 11.1 Å². The summed E-state index contributed by atoms with van der Waals surface area (Å²) < 4.78 is 1.80. The van der Waals surface area contributed by atoms with Crippen LogP contribution in [0.1, 0.15) is 28.3 Å². The predicted molar refractivity (Wildman–Crippen MR) is 116 cm³/mol. The quantitative estimate of drug-likeness (QED) is 0.591. The van der Waals surface area contributed by atoms with Gasteiger partial charge in [0.2, 0.25) is 0 Å². The van der Waals surface area contributed by atoms with Gasteiger partial charge in [-0.3, -0.25) is 4.68 Å². The van der Waals surface area contributed by atoms with Gasteiger partial charge in [0.25, 0.3) is 0 Å². The molecule has 1 aliphatic heterocycles. The number of para-hydroxylation sites is 1. The number of nitrogens with one attached hydrogen (secondary N) is 3. The van der Waals surface area contributed by atoms with Crippen LogP contribution in [0.5, 0.6) is 0 Å². The molecule has 3 N–H and O–H groups in total. The van der Waals surface area contributed by atoms with E-state index in [-0.39, 0.29) is 12.1 Å². The van der Waals surface area contributed by atoms with E-state index in [2.05, 4.69) is 33.2 Å². The molecule has 0 bridgehead atoms. The number of benzene rings is 2. The fourth-order valence-corrected chi connectivity index (χ4v) is 3.82. The first-order valence-electron chi connectivity index (χ1n) is 9.92. The molecule has 0 amide bonds. The summed E-state index contributed by atoms with van der Waals surface area (Å²) in [4.78, 5) is 0. The Morgan fingerprint density at radius 3 is 2.73 bits per heavy atom. The topological polar surface area (TPSA) is 101 Å².